The molecule has 1 aromatic carbocycles. The Bertz CT molecular complexity index is 384. The van der Waals surface area contributed by atoms with Crippen molar-refractivity contribution in [3.63, 3.8) is 0 Å². The molecule has 0 aliphatic carbocycles. The number of nitrogens with one attached hydrogen (secondary N) is 1. The van der Waals surface area contributed by atoms with E-state index in [2.05, 4.69) is 29.3 Å². The smallest absolute Gasteiger partial charge is 0.0455 e. The van der Waals surface area contributed by atoms with E-state index in [1.807, 2.05) is 13.1 Å². The Morgan fingerprint density at radius 1 is 1.33 bits per heavy atom. The van der Waals surface area contributed by atoms with E-state index in [4.69, 9.17) is 11.6 Å². The molecule has 1 fully saturated rings. The number of hydrogen-bond donors (Lipinski definition) is 1. The van der Waals surface area contributed by atoms with Crippen molar-refractivity contribution in [2.24, 2.45) is 5.92 Å². The van der Waals surface area contributed by atoms with Gasteiger partial charge < -0.3 is 10.2 Å². The number of piperidine rings is 1. The van der Waals surface area contributed by atoms with Gasteiger partial charge in [0, 0.05) is 23.8 Å². The molecule has 18 heavy (non-hydrogen) atoms. The van der Waals surface area contributed by atoms with Crippen LogP contribution >= 0.6 is 11.6 Å². The van der Waals surface area contributed by atoms with E-state index in [0.29, 0.717) is 0 Å². The summed E-state index contributed by atoms with van der Waals surface area (Å²) < 4.78 is 0. The minimum absolute atomic E-state index is 0.879. The highest BCUT2D eigenvalue weighted by atomic mass is 35.5. The zero-order valence-corrected chi connectivity index (χ0v) is 12.1. The Morgan fingerprint density at radius 3 is 2.72 bits per heavy atom. The van der Waals surface area contributed by atoms with Crippen LogP contribution in [0, 0.1) is 12.8 Å². The zero-order chi connectivity index (χ0) is 13.0. The predicted octanol–water partition coefficient (Wildman–Crippen LogP) is 3.47. The Morgan fingerprint density at radius 2 is 2.06 bits per heavy atom. The second kappa shape index (κ2) is 6.44. The molecule has 0 atom stereocenters. The molecule has 2 nitrogen and oxygen atoms in total. The lowest BCUT2D eigenvalue weighted by molar-refractivity contribution is 0.378. The molecule has 3 heteroatoms. The normalized spacial score (nSPS) is 17.2. The largest absolute Gasteiger partial charge is 0.371 e. The number of rotatable bonds is 4. The van der Waals surface area contributed by atoms with E-state index in [1.54, 1.807) is 0 Å². The van der Waals surface area contributed by atoms with Gasteiger partial charge in [-0.05, 0) is 63.4 Å². The van der Waals surface area contributed by atoms with E-state index in [0.717, 1.165) is 30.6 Å². The molecule has 1 aliphatic rings. The van der Waals surface area contributed by atoms with Gasteiger partial charge in [0.15, 0.2) is 0 Å². The summed E-state index contributed by atoms with van der Waals surface area (Å²) in [5.74, 6) is 0.883. The maximum atomic E-state index is 6.20. The molecule has 0 amide bonds. The Labute approximate surface area is 115 Å². The average Bonchev–Trinajstić information content (AvgIpc) is 2.40. The van der Waals surface area contributed by atoms with Crippen molar-refractivity contribution >= 4 is 17.3 Å². The Balaban J connectivity index is 1.95. The zero-order valence-electron chi connectivity index (χ0n) is 11.4. The molecular weight excluding hydrogens is 244 g/mol. The fraction of sp³-hybridized carbons (Fsp3) is 0.600. The van der Waals surface area contributed by atoms with Crippen LogP contribution in [0.4, 0.5) is 5.69 Å². The monoisotopic (exact) mass is 266 g/mol. The van der Waals surface area contributed by atoms with Crippen LogP contribution in [0.3, 0.4) is 0 Å². The molecule has 0 saturated carbocycles. The first-order chi connectivity index (χ1) is 8.72. The molecule has 100 valence electrons. The number of hydrogen-bond acceptors (Lipinski definition) is 2. The second-order valence-electron chi connectivity index (χ2n) is 5.21. The summed E-state index contributed by atoms with van der Waals surface area (Å²) in [5, 5.41) is 4.12. The number of nitrogens with zero attached hydrogens (tertiary/aromatic N) is 1. The van der Waals surface area contributed by atoms with Crippen LogP contribution in [0.1, 0.15) is 24.8 Å². The summed E-state index contributed by atoms with van der Waals surface area (Å²) in [6, 6.07) is 6.22. The Hall–Kier alpha value is -0.730. The molecule has 1 heterocycles. The van der Waals surface area contributed by atoms with Gasteiger partial charge in [0.2, 0.25) is 0 Å². The van der Waals surface area contributed by atoms with Crippen molar-refractivity contribution in [1.82, 2.24) is 5.32 Å². The molecule has 0 bridgehead atoms. The van der Waals surface area contributed by atoms with E-state index in [1.165, 1.54) is 30.5 Å². The fourth-order valence-electron chi connectivity index (χ4n) is 2.75. The first-order valence-electron chi connectivity index (χ1n) is 6.87. The highest BCUT2D eigenvalue weighted by molar-refractivity contribution is 6.31. The second-order valence-corrected chi connectivity index (χ2v) is 5.61. The van der Waals surface area contributed by atoms with Crippen molar-refractivity contribution in [3.05, 3.63) is 28.8 Å². The molecule has 1 N–H and O–H groups in total. The van der Waals surface area contributed by atoms with E-state index in [-0.39, 0.29) is 0 Å². The molecule has 1 aliphatic heterocycles. The summed E-state index contributed by atoms with van der Waals surface area (Å²) in [4.78, 5) is 2.48. The summed E-state index contributed by atoms with van der Waals surface area (Å²) in [6.45, 7) is 5.58. The van der Waals surface area contributed by atoms with E-state index >= 15 is 0 Å². The average molecular weight is 267 g/mol. The summed E-state index contributed by atoms with van der Waals surface area (Å²) in [7, 11) is 2.03. The highest BCUT2D eigenvalue weighted by Gasteiger charge is 2.20. The third kappa shape index (κ3) is 3.18. The highest BCUT2D eigenvalue weighted by Crippen LogP contribution is 2.30. The molecule has 0 unspecified atom stereocenters. The third-order valence-corrected chi connectivity index (χ3v) is 4.41. The lowest BCUT2D eigenvalue weighted by atomic mass is 9.93. The molecule has 0 radical (unpaired) electrons. The van der Waals surface area contributed by atoms with Crippen molar-refractivity contribution < 1.29 is 0 Å². The van der Waals surface area contributed by atoms with Crippen molar-refractivity contribution in [2.45, 2.75) is 26.2 Å². The van der Waals surface area contributed by atoms with Gasteiger partial charge in [0.1, 0.15) is 0 Å². The summed E-state index contributed by atoms with van der Waals surface area (Å²) >= 11 is 6.20. The molecule has 1 saturated heterocycles. The first kappa shape index (κ1) is 13.7. The minimum Gasteiger partial charge on any atom is -0.371 e. The molecular formula is C15H23ClN2. The van der Waals surface area contributed by atoms with Crippen LogP contribution in [-0.2, 0) is 0 Å². The standard InChI is InChI=1S/C15H23ClN2/c1-12-14(16)4-3-5-15(12)18-10-7-13(8-11-18)6-9-17-2/h3-5,13,17H,6-11H2,1-2H3. The maximum Gasteiger partial charge on any atom is 0.0455 e. The number of anilines is 1. The van der Waals surface area contributed by atoms with Gasteiger partial charge in [-0.1, -0.05) is 17.7 Å². The van der Waals surface area contributed by atoms with Gasteiger partial charge in [0.25, 0.3) is 0 Å². The predicted molar refractivity (Wildman–Crippen MR) is 79.7 cm³/mol. The van der Waals surface area contributed by atoms with Crippen LogP contribution in [0.25, 0.3) is 0 Å². The quantitative estimate of drug-likeness (QED) is 0.898. The van der Waals surface area contributed by atoms with Gasteiger partial charge in [-0.2, -0.15) is 0 Å². The number of benzene rings is 1. The lowest BCUT2D eigenvalue weighted by Gasteiger charge is -2.34. The topological polar surface area (TPSA) is 15.3 Å². The van der Waals surface area contributed by atoms with Crippen LogP contribution in [0.15, 0.2) is 18.2 Å². The van der Waals surface area contributed by atoms with Crippen LogP contribution < -0.4 is 10.2 Å². The Kier molecular flexibility index (Phi) is 4.90. The van der Waals surface area contributed by atoms with Gasteiger partial charge in [-0.15, -0.1) is 0 Å². The third-order valence-electron chi connectivity index (χ3n) is 4.00. The van der Waals surface area contributed by atoms with Gasteiger partial charge >= 0.3 is 0 Å². The molecule has 2 rings (SSSR count). The maximum absolute atomic E-state index is 6.20. The van der Waals surface area contributed by atoms with E-state index < -0.39 is 0 Å². The summed E-state index contributed by atoms with van der Waals surface area (Å²) in [6.07, 6.45) is 3.90. The summed E-state index contributed by atoms with van der Waals surface area (Å²) in [5.41, 5.74) is 2.53. The van der Waals surface area contributed by atoms with Crippen molar-refractivity contribution in [1.29, 1.82) is 0 Å². The minimum atomic E-state index is 0.879. The van der Waals surface area contributed by atoms with Crippen molar-refractivity contribution in [3.8, 4) is 0 Å². The SMILES string of the molecule is CNCCC1CCN(c2cccc(Cl)c2C)CC1. The lowest BCUT2D eigenvalue weighted by Crippen LogP contribution is -2.34. The fourth-order valence-corrected chi connectivity index (χ4v) is 2.92. The van der Waals surface area contributed by atoms with Gasteiger partial charge in [0.05, 0.1) is 0 Å². The molecule has 0 aromatic heterocycles. The van der Waals surface area contributed by atoms with Crippen LogP contribution in [0.2, 0.25) is 5.02 Å². The first-order valence-corrected chi connectivity index (χ1v) is 7.25. The van der Waals surface area contributed by atoms with Crippen LogP contribution in [0.5, 0.6) is 0 Å². The number of halogens is 1. The van der Waals surface area contributed by atoms with Crippen molar-refractivity contribution in [2.75, 3.05) is 31.6 Å². The van der Waals surface area contributed by atoms with Gasteiger partial charge in [-0.3, -0.25) is 0 Å². The molecule has 0 spiro atoms. The van der Waals surface area contributed by atoms with E-state index in [9.17, 15) is 0 Å². The van der Waals surface area contributed by atoms with Crippen LogP contribution in [-0.4, -0.2) is 26.7 Å². The molecule has 1 aromatic rings. The van der Waals surface area contributed by atoms with Gasteiger partial charge in [-0.25, -0.2) is 0 Å².